The smallest absolute Gasteiger partial charge is 0.494 e. The predicted molar refractivity (Wildman–Crippen MR) is 506 cm³/mol. The van der Waals surface area contributed by atoms with Crippen molar-refractivity contribution in [3.05, 3.63) is 279 Å². The molecule has 636 valence electrons. The van der Waals surface area contributed by atoms with Crippen LogP contribution in [0.5, 0.6) is 17.2 Å². The number of carbonyl (C=O) groups is 4. The highest BCUT2D eigenvalue weighted by molar-refractivity contribution is 14.1. The Balaban J connectivity index is 0.000000182. The highest BCUT2D eigenvalue weighted by Gasteiger charge is 2.53. The van der Waals surface area contributed by atoms with Gasteiger partial charge >= 0.3 is 21.4 Å². The molecule has 9 aromatic rings. The van der Waals surface area contributed by atoms with E-state index in [9.17, 15) is 29.2 Å². The van der Waals surface area contributed by atoms with Crippen LogP contribution in [0.3, 0.4) is 0 Å². The number of rotatable bonds is 27. The van der Waals surface area contributed by atoms with Gasteiger partial charge in [0, 0.05) is 94.3 Å². The molecule has 0 bridgehead atoms. The molecule has 2 fully saturated rings. The Morgan fingerprint density at radius 2 is 0.762 bits per heavy atom. The molecule has 0 amide bonds. The SMILES string of the molecule is CC1(C)OB(c2ccc(CI)cc2)OC1(C)C.CC1(C)OB(c2ccc(COc3ccc(C=O)cc3C=O)cc2)OC1(C)C.CCCC[N+]1=C(/C=C/c2ccc(OCc3ccc(B(O)O)cc3)c(/C=C/C3=[N+](CCCC)c4ccccc4C3(C)C)c2)C(C)(C)c2ccccc21.CCCC[N+]1=C(C)C(C)(C)c2ccccc21.O=Cc1ccc(O)c(C=O)c1. The van der Waals surface area contributed by atoms with Crippen molar-refractivity contribution < 1.29 is 76.2 Å². The summed E-state index contributed by atoms with van der Waals surface area (Å²) < 4.78 is 44.8. The van der Waals surface area contributed by atoms with Crippen LogP contribution >= 0.6 is 22.6 Å². The van der Waals surface area contributed by atoms with Gasteiger partial charge in [0.25, 0.3) is 0 Å². The Bertz CT molecular complexity index is 5300. The number of phenolic OH excluding ortho intramolecular Hbond substituents is 1. The normalized spacial score (nSPS) is 16.8. The minimum atomic E-state index is -1.49. The predicted octanol–water partition coefficient (Wildman–Crippen LogP) is 19.7. The maximum absolute atomic E-state index is 11.2. The summed E-state index contributed by atoms with van der Waals surface area (Å²) in [6.07, 6.45) is 18.6. The van der Waals surface area contributed by atoms with Crippen molar-refractivity contribution >= 4 is 132 Å². The van der Waals surface area contributed by atoms with Gasteiger partial charge in [0.15, 0.2) is 29.7 Å². The molecule has 0 spiro atoms. The van der Waals surface area contributed by atoms with Gasteiger partial charge in [0.2, 0.25) is 17.1 Å². The number of allylic oxidation sites excluding steroid dienone is 2. The first-order valence-electron chi connectivity index (χ1n) is 42.7. The fourth-order valence-corrected chi connectivity index (χ4v) is 15.9. The van der Waals surface area contributed by atoms with Gasteiger partial charge in [-0.2, -0.15) is 13.7 Å². The van der Waals surface area contributed by atoms with Gasteiger partial charge < -0.3 is 43.2 Å². The summed E-state index contributed by atoms with van der Waals surface area (Å²) in [7, 11) is -2.13. The molecule has 20 heteroatoms. The molecule has 0 aliphatic carbocycles. The fourth-order valence-electron chi connectivity index (χ4n) is 15.4. The van der Waals surface area contributed by atoms with Crippen LogP contribution in [0.25, 0.3) is 12.2 Å². The summed E-state index contributed by atoms with van der Waals surface area (Å²) in [5.74, 6) is 1.14. The summed E-state index contributed by atoms with van der Waals surface area (Å²) in [6, 6.07) is 65.2. The van der Waals surface area contributed by atoms with Crippen molar-refractivity contribution in [1.82, 2.24) is 0 Å². The van der Waals surface area contributed by atoms with Crippen molar-refractivity contribution in [3.63, 3.8) is 0 Å². The number of hydrogen-bond acceptors (Lipinski definition) is 13. The van der Waals surface area contributed by atoms with E-state index in [2.05, 4.69) is 273 Å². The number of nitrogens with zero attached hydrogens (tertiary/aromatic N) is 3. The molecule has 5 aliphatic heterocycles. The molecule has 14 rings (SSSR count). The molecule has 0 saturated carbocycles. The average molecular weight is 1760 g/mol. The van der Waals surface area contributed by atoms with Crippen LogP contribution in [-0.2, 0) is 52.5 Å². The highest BCUT2D eigenvalue weighted by Crippen LogP contribution is 2.44. The topological polar surface area (TPSA) is 193 Å². The van der Waals surface area contributed by atoms with Crippen LogP contribution in [-0.4, -0.2) is 135 Å². The molecule has 122 heavy (non-hydrogen) atoms. The molecular formula is C102H122B3IN3O13+3. The van der Waals surface area contributed by atoms with Crippen molar-refractivity contribution in [2.45, 2.75) is 219 Å². The molecule has 0 radical (unpaired) electrons. The summed E-state index contributed by atoms with van der Waals surface area (Å²) in [5.41, 5.74) is 20.2. The number of halogens is 1. The zero-order valence-corrected chi connectivity index (χ0v) is 76.7. The first kappa shape index (κ1) is 94.5. The Kier molecular flexibility index (Phi) is 31.9. The minimum Gasteiger partial charge on any atom is -0.507 e. The van der Waals surface area contributed by atoms with Gasteiger partial charge in [-0.05, 0) is 196 Å². The lowest BCUT2D eigenvalue weighted by molar-refractivity contribution is -0.439. The van der Waals surface area contributed by atoms with Crippen LogP contribution < -0.4 is 25.9 Å². The summed E-state index contributed by atoms with van der Waals surface area (Å²) in [4.78, 5) is 42.4. The quantitative estimate of drug-likeness (QED) is 0.0145. The molecule has 0 aromatic heterocycles. The molecule has 9 aromatic carbocycles. The Morgan fingerprint density at radius 3 is 1.18 bits per heavy atom. The number of unbranched alkanes of at least 4 members (excludes halogenated alkanes) is 3. The third-order valence-electron chi connectivity index (χ3n) is 24.7. The monoisotopic (exact) mass is 1760 g/mol. The maximum Gasteiger partial charge on any atom is 0.494 e. The number of fused-ring (bicyclic) bond motifs is 3. The van der Waals surface area contributed by atoms with E-state index < -0.39 is 14.2 Å². The molecule has 16 nitrogen and oxygen atoms in total. The first-order chi connectivity index (χ1) is 58.0. The van der Waals surface area contributed by atoms with Gasteiger partial charge in [-0.3, -0.25) is 19.2 Å². The first-order valence-corrected chi connectivity index (χ1v) is 44.2. The number of aromatic hydroxyl groups is 1. The van der Waals surface area contributed by atoms with E-state index in [1.54, 1.807) is 24.3 Å². The lowest BCUT2D eigenvalue weighted by Crippen LogP contribution is -2.41. The van der Waals surface area contributed by atoms with E-state index in [1.807, 2.05) is 64.1 Å². The number of phenols is 1. The zero-order valence-electron chi connectivity index (χ0n) is 74.5. The summed E-state index contributed by atoms with van der Waals surface area (Å²) >= 11 is 2.36. The largest absolute Gasteiger partial charge is 0.507 e. The fraction of sp³-hybridized carbons (Fsp3) is 0.363. The maximum atomic E-state index is 11.2. The number of hydrogen-bond donors (Lipinski definition) is 3. The number of ether oxygens (including phenoxy) is 2. The second-order valence-electron chi connectivity index (χ2n) is 35.3. The molecule has 0 unspecified atom stereocenters. The molecule has 2 saturated heterocycles. The van der Waals surface area contributed by atoms with Crippen LogP contribution in [0, 0.1) is 0 Å². The summed E-state index contributed by atoms with van der Waals surface area (Å²) in [6.45, 7) is 43.2. The van der Waals surface area contributed by atoms with Crippen LogP contribution in [0.4, 0.5) is 17.1 Å². The van der Waals surface area contributed by atoms with E-state index in [-0.39, 0.29) is 57.1 Å². The average Bonchev–Trinajstić information content (AvgIpc) is 1.61. The lowest BCUT2D eigenvalue weighted by Gasteiger charge is -2.32. The van der Waals surface area contributed by atoms with E-state index in [1.165, 1.54) is 93.6 Å². The van der Waals surface area contributed by atoms with Crippen LogP contribution in [0.1, 0.15) is 249 Å². The Labute approximate surface area is 738 Å². The van der Waals surface area contributed by atoms with Crippen molar-refractivity contribution in [2.75, 3.05) is 19.6 Å². The van der Waals surface area contributed by atoms with Gasteiger partial charge in [-0.1, -0.05) is 196 Å². The Morgan fingerprint density at radius 1 is 0.402 bits per heavy atom. The number of alkyl halides is 1. The second kappa shape index (κ2) is 41.2. The number of aldehydes is 4. The lowest BCUT2D eigenvalue weighted by atomic mass is 9.79. The van der Waals surface area contributed by atoms with Crippen molar-refractivity contribution in [1.29, 1.82) is 0 Å². The van der Waals surface area contributed by atoms with Crippen molar-refractivity contribution in [3.8, 4) is 17.2 Å². The van der Waals surface area contributed by atoms with Crippen molar-refractivity contribution in [2.24, 2.45) is 0 Å². The standard InChI is InChI=1S/C45H53BN2O3.C21H23BO5.C15H22N.C13H18BIO2.C8H6O3/c1-7-9-29-47-39-17-13-11-15-37(39)44(3,4)42(47)27-22-33-21-26-41(51-32-34-19-24-36(25-20-34)46(49)50)35(31-33)23-28-43-45(5,6)38-16-12-14-18-40(38)48(43)30-10-8-2;1-20(2)21(3,4)27-22(26-20)18-8-5-15(6-9-18)14-25-19-10-7-16(12-23)11-17(19)13-24;1-5-6-11-16-12(2)15(3,4)13-9-7-8-10-14(13)16;1-12(2)13(3,4)17-14(16-12)11-7-5-10(9-15)6-8-11;9-4-6-1-2-8(11)7(3-6)5-10/h11-28,31,49-50H,7-10,29-30,32H2,1-6H3;5-13H,14H2,1-4H3;7-10H,5-6,11H2,1-4H3;5-8H,9H2,1-4H3;1-5,11H/q+2;;+1;;/b27-22+,28-23+;;;;. The van der Waals surface area contributed by atoms with E-state index >= 15 is 0 Å². The van der Waals surface area contributed by atoms with Gasteiger partial charge in [-0.15, -0.1) is 0 Å². The molecule has 5 aliphatic rings. The molecule has 5 heterocycles. The Hall–Kier alpha value is -9.77. The van der Waals surface area contributed by atoms with Gasteiger partial charge in [0.05, 0.1) is 49.8 Å². The highest BCUT2D eigenvalue weighted by atomic mass is 127. The summed E-state index contributed by atoms with van der Waals surface area (Å²) in [5, 5.41) is 28.1. The molecular weight excluding hydrogens is 1630 g/mol. The second-order valence-corrected chi connectivity index (χ2v) is 36.1. The van der Waals surface area contributed by atoms with Crippen LogP contribution in [0.2, 0.25) is 0 Å². The minimum absolute atomic E-state index is 0.101. The van der Waals surface area contributed by atoms with Crippen LogP contribution in [0.15, 0.2) is 212 Å². The molecule has 3 N–H and O–H groups in total. The van der Waals surface area contributed by atoms with E-state index in [0.717, 1.165) is 88.7 Å². The van der Waals surface area contributed by atoms with Gasteiger partial charge in [0.1, 0.15) is 62.7 Å². The number of benzene rings is 9. The third kappa shape index (κ3) is 22.1. The molecule has 0 atom stereocenters. The van der Waals surface area contributed by atoms with Gasteiger partial charge in [-0.25, -0.2) is 0 Å². The zero-order chi connectivity index (χ0) is 88.5. The number of carbonyl (C=O) groups excluding carboxylic acids is 4. The van der Waals surface area contributed by atoms with E-state index in [4.69, 9.17) is 33.2 Å². The number of para-hydroxylation sites is 3. The van der Waals surface area contributed by atoms with E-state index in [0.29, 0.717) is 66.3 Å². The third-order valence-corrected chi connectivity index (χ3v) is 25.6.